The third kappa shape index (κ3) is 3.34. The second kappa shape index (κ2) is 7.68. The van der Waals surface area contributed by atoms with E-state index < -0.39 is 0 Å². The quantitative estimate of drug-likeness (QED) is 0.501. The molecule has 3 aromatic heterocycles. The van der Waals surface area contributed by atoms with Gasteiger partial charge in [-0.15, -0.1) is 11.3 Å². The fraction of sp³-hybridized carbons (Fsp3) is 0.304. The number of aromatic nitrogens is 4. The van der Waals surface area contributed by atoms with Crippen LogP contribution < -0.4 is 11.1 Å². The molecule has 8 nitrogen and oxygen atoms in total. The van der Waals surface area contributed by atoms with Crippen LogP contribution in [0.25, 0.3) is 31.9 Å². The average Bonchev–Trinajstić information content (AvgIpc) is 3.50. The number of nitrogens with one attached hydrogen (secondary N) is 1. The first-order valence-electron chi connectivity index (χ1n) is 10.8. The zero-order valence-electron chi connectivity index (χ0n) is 17.4. The SMILES string of the molecule is Nc1ncc(-c2cnn([C@@H]3CNC(C(=O)N4CCC4)C3)c2)cc1-c1nc2ccccc2s1. The van der Waals surface area contributed by atoms with Crippen molar-refractivity contribution in [2.45, 2.75) is 24.9 Å². The number of carbonyl (C=O) groups excluding carboxylic acids is 1. The maximum Gasteiger partial charge on any atom is 0.239 e. The molecule has 6 rings (SSSR count). The molecule has 2 saturated heterocycles. The van der Waals surface area contributed by atoms with Crippen LogP contribution >= 0.6 is 11.3 Å². The minimum atomic E-state index is -0.114. The minimum Gasteiger partial charge on any atom is -0.383 e. The second-order valence-electron chi connectivity index (χ2n) is 8.38. The zero-order valence-corrected chi connectivity index (χ0v) is 18.3. The third-order valence-electron chi connectivity index (χ3n) is 6.33. The molecule has 4 aromatic rings. The van der Waals surface area contributed by atoms with Crippen LogP contribution in [0.3, 0.4) is 0 Å². The molecule has 1 aromatic carbocycles. The minimum absolute atomic E-state index is 0.114. The molecule has 3 N–H and O–H groups in total. The number of nitrogens with zero attached hydrogens (tertiary/aromatic N) is 5. The van der Waals surface area contributed by atoms with E-state index in [4.69, 9.17) is 10.7 Å². The molecule has 2 fully saturated rings. The number of para-hydroxylation sites is 1. The molecule has 0 spiro atoms. The summed E-state index contributed by atoms with van der Waals surface area (Å²) in [6.07, 6.45) is 7.52. The highest BCUT2D eigenvalue weighted by atomic mass is 32.1. The number of hydrogen-bond donors (Lipinski definition) is 2. The molecule has 162 valence electrons. The number of amides is 1. The Labute approximate surface area is 189 Å². The van der Waals surface area contributed by atoms with Gasteiger partial charge in [0.05, 0.1) is 34.1 Å². The average molecular weight is 446 g/mol. The van der Waals surface area contributed by atoms with Crippen molar-refractivity contribution in [3.05, 3.63) is 48.9 Å². The number of nitrogen functional groups attached to an aromatic ring is 1. The number of anilines is 1. The van der Waals surface area contributed by atoms with E-state index >= 15 is 0 Å². The van der Waals surface area contributed by atoms with Crippen LogP contribution in [0.5, 0.6) is 0 Å². The normalized spacial score (nSPS) is 20.6. The number of hydrogen-bond acceptors (Lipinski definition) is 7. The van der Waals surface area contributed by atoms with Gasteiger partial charge >= 0.3 is 0 Å². The van der Waals surface area contributed by atoms with Gasteiger partial charge in [0.2, 0.25) is 5.91 Å². The summed E-state index contributed by atoms with van der Waals surface area (Å²) in [5, 5.41) is 8.81. The lowest BCUT2D eigenvalue weighted by molar-refractivity contribution is -0.136. The van der Waals surface area contributed by atoms with Crippen LogP contribution in [-0.4, -0.2) is 56.2 Å². The molecule has 1 amide bonds. The molecule has 1 unspecified atom stereocenters. The van der Waals surface area contributed by atoms with Crippen molar-refractivity contribution in [3.63, 3.8) is 0 Å². The molecule has 0 bridgehead atoms. The number of pyridine rings is 1. The van der Waals surface area contributed by atoms with E-state index in [1.165, 1.54) is 0 Å². The molecule has 0 radical (unpaired) electrons. The van der Waals surface area contributed by atoms with Crippen molar-refractivity contribution < 1.29 is 4.79 Å². The first kappa shape index (κ1) is 19.4. The number of carbonyl (C=O) groups is 1. The predicted octanol–water partition coefficient (Wildman–Crippen LogP) is 2.94. The Morgan fingerprint density at radius 1 is 1.19 bits per heavy atom. The summed E-state index contributed by atoms with van der Waals surface area (Å²) in [5.74, 6) is 0.682. The van der Waals surface area contributed by atoms with E-state index in [0.717, 1.165) is 64.4 Å². The summed E-state index contributed by atoms with van der Waals surface area (Å²) in [7, 11) is 0. The maximum atomic E-state index is 12.5. The number of nitrogens with two attached hydrogens (primary N) is 1. The van der Waals surface area contributed by atoms with Gasteiger partial charge in [0.1, 0.15) is 10.8 Å². The highest BCUT2D eigenvalue weighted by Crippen LogP contribution is 2.35. The van der Waals surface area contributed by atoms with Crippen LogP contribution in [0.1, 0.15) is 18.9 Å². The van der Waals surface area contributed by atoms with Crippen LogP contribution in [0.15, 0.2) is 48.9 Å². The molecule has 2 atom stereocenters. The van der Waals surface area contributed by atoms with Crippen molar-refractivity contribution in [2.75, 3.05) is 25.4 Å². The largest absolute Gasteiger partial charge is 0.383 e. The lowest BCUT2D eigenvalue weighted by atomic mass is 10.1. The Balaban J connectivity index is 1.24. The Hall–Kier alpha value is -3.30. The Morgan fingerprint density at radius 2 is 2.06 bits per heavy atom. The number of thiazole rings is 1. The second-order valence-corrected chi connectivity index (χ2v) is 9.41. The summed E-state index contributed by atoms with van der Waals surface area (Å²) >= 11 is 1.61. The summed E-state index contributed by atoms with van der Waals surface area (Å²) in [6.45, 7) is 2.51. The monoisotopic (exact) mass is 445 g/mol. The Morgan fingerprint density at radius 3 is 2.88 bits per heavy atom. The fourth-order valence-electron chi connectivity index (χ4n) is 4.34. The summed E-state index contributed by atoms with van der Waals surface area (Å²) in [6, 6.07) is 10.1. The summed E-state index contributed by atoms with van der Waals surface area (Å²) < 4.78 is 3.08. The van der Waals surface area contributed by atoms with Crippen molar-refractivity contribution >= 4 is 33.3 Å². The van der Waals surface area contributed by atoms with Crippen molar-refractivity contribution in [1.82, 2.24) is 30.0 Å². The Kier molecular flexibility index (Phi) is 4.65. The predicted molar refractivity (Wildman–Crippen MR) is 125 cm³/mol. The van der Waals surface area contributed by atoms with Crippen LogP contribution in [0.4, 0.5) is 5.82 Å². The lowest BCUT2D eigenvalue weighted by Crippen LogP contribution is -2.49. The smallest absolute Gasteiger partial charge is 0.239 e. The van der Waals surface area contributed by atoms with Gasteiger partial charge in [-0.3, -0.25) is 9.48 Å². The number of likely N-dealkylation sites (tertiary alicyclic amines) is 1. The number of fused-ring (bicyclic) bond motifs is 1. The number of rotatable bonds is 4. The maximum absolute atomic E-state index is 12.5. The fourth-order valence-corrected chi connectivity index (χ4v) is 5.33. The van der Waals surface area contributed by atoms with Gasteiger partial charge in [-0.05, 0) is 31.0 Å². The van der Waals surface area contributed by atoms with E-state index in [-0.39, 0.29) is 18.0 Å². The third-order valence-corrected chi connectivity index (χ3v) is 7.39. The van der Waals surface area contributed by atoms with Gasteiger partial charge in [-0.2, -0.15) is 5.10 Å². The first-order chi connectivity index (χ1) is 15.7. The van der Waals surface area contributed by atoms with Gasteiger partial charge in [0.15, 0.2) is 0 Å². The van der Waals surface area contributed by atoms with Gasteiger partial charge in [0, 0.05) is 43.2 Å². The van der Waals surface area contributed by atoms with Gasteiger partial charge in [0.25, 0.3) is 0 Å². The standard InChI is InChI=1S/C23H23N7OS/c24-21-17(22-28-18-4-1-2-5-20(18)32-22)8-14(10-26-21)15-11-27-30(13-15)16-9-19(25-12-16)23(31)29-6-3-7-29/h1-2,4-5,8,10-11,13,16,19,25H,3,6-7,9,12H2,(H2,24,26)/t16-,19?/m0/s1. The first-order valence-corrected chi connectivity index (χ1v) is 11.7. The highest BCUT2D eigenvalue weighted by Gasteiger charge is 2.35. The van der Waals surface area contributed by atoms with Crippen molar-refractivity contribution in [2.24, 2.45) is 0 Å². The molecule has 9 heteroatoms. The molecule has 0 aliphatic carbocycles. The molecular weight excluding hydrogens is 422 g/mol. The summed E-state index contributed by atoms with van der Waals surface area (Å²) in [4.78, 5) is 23.6. The topological polar surface area (TPSA) is 102 Å². The van der Waals surface area contributed by atoms with E-state index in [9.17, 15) is 4.79 Å². The van der Waals surface area contributed by atoms with Gasteiger partial charge in [-0.1, -0.05) is 12.1 Å². The highest BCUT2D eigenvalue weighted by molar-refractivity contribution is 7.21. The zero-order chi connectivity index (χ0) is 21.7. The number of benzene rings is 1. The van der Waals surface area contributed by atoms with Gasteiger partial charge < -0.3 is 16.0 Å². The Bertz CT molecular complexity index is 1280. The molecular formula is C23H23N7OS. The molecule has 0 saturated carbocycles. The van der Waals surface area contributed by atoms with Crippen molar-refractivity contribution in [1.29, 1.82) is 0 Å². The molecule has 2 aliphatic rings. The van der Waals surface area contributed by atoms with Gasteiger partial charge in [-0.25, -0.2) is 9.97 Å². The van der Waals surface area contributed by atoms with Crippen LogP contribution in [-0.2, 0) is 4.79 Å². The van der Waals surface area contributed by atoms with E-state index in [0.29, 0.717) is 5.82 Å². The molecule has 5 heterocycles. The molecule has 32 heavy (non-hydrogen) atoms. The van der Waals surface area contributed by atoms with E-state index in [1.807, 2.05) is 46.2 Å². The van der Waals surface area contributed by atoms with Crippen molar-refractivity contribution in [3.8, 4) is 21.7 Å². The molecule has 2 aliphatic heterocycles. The van der Waals surface area contributed by atoms with E-state index in [1.54, 1.807) is 17.5 Å². The van der Waals surface area contributed by atoms with Crippen LogP contribution in [0, 0.1) is 0 Å². The van der Waals surface area contributed by atoms with Crippen LogP contribution in [0.2, 0.25) is 0 Å². The lowest BCUT2D eigenvalue weighted by Gasteiger charge is -2.33. The summed E-state index contributed by atoms with van der Waals surface area (Å²) in [5.41, 5.74) is 9.91. The van der Waals surface area contributed by atoms with E-state index in [2.05, 4.69) is 21.5 Å².